The van der Waals surface area contributed by atoms with Gasteiger partial charge < -0.3 is 14.5 Å². The van der Waals surface area contributed by atoms with Gasteiger partial charge in [0.05, 0.1) is 0 Å². The maximum Gasteiger partial charge on any atom is 0.224 e. The number of primary sulfonamides is 1. The van der Waals surface area contributed by atoms with Crippen molar-refractivity contribution >= 4 is 15.9 Å². The predicted molar refractivity (Wildman–Crippen MR) is 74.6 cm³/mol. The number of hydrogen-bond acceptors (Lipinski definition) is 5. The molecule has 2 rings (SSSR count). The van der Waals surface area contributed by atoms with Gasteiger partial charge in [0.2, 0.25) is 15.9 Å². The second kappa shape index (κ2) is 5.59. The molecule has 2 fully saturated rings. The average molecular weight is 305 g/mol. The Bertz CT molecular complexity index is 471. The number of ether oxygens (including phenoxy) is 1. The molecule has 2 aliphatic rings. The first-order valence-corrected chi connectivity index (χ1v) is 8.40. The monoisotopic (exact) mass is 305 g/mol. The molecule has 0 spiro atoms. The van der Waals surface area contributed by atoms with Crippen molar-refractivity contribution in [1.29, 1.82) is 0 Å². The average Bonchev–Trinajstić information content (AvgIpc) is 2.72. The van der Waals surface area contributed by atoms with E-state index in [1.807, 2.05) is 14.1 Å². The maximum atomic E-state index is 12.0. The lowest BCUT2D eigenvalue weighted by molar-refractivity contribution is -0.130. The molecule has 2 aliphatic heterocycles. The fraction of sp³-hybridized carbons (Fsp3) is 0.917. The summed E-state index contributed by atoms with van der Waals surface area (Å²) in [7, 11) is 0.328. The highest BCUT2D eigenvalue weighted by Crippen LogP contribution is 2.29. The Labute approximate surface area is 120 Å². The van der Waals surface area contributed by atoms with E-state index < -0.39 is 15.3 Å². The van der Waals surface area contributed by atoms with Gasteiger partial charge in [-0.1, -0.05) is 0 Å². The number of likely N-dealkylation sites (tertiary alicyclic amines) is 1. The summed E-state index contributed by atoms with van der Waals surface area (Å²) < 4.78 is 28.2. The Morgan fingerprint density at radius 1 is 1.40 bits per heavy atom. The van der Waals surface area contributed by atoms with Crippen molar-refractivity contribution < 1.29 is 17.9 Å². The van der Waals surface area contributed by atoms with Crippen LogP contribution in [0.5, 0.6) is 0 Å². The highest BCUT2D eigenvalue weighted by molar-refractivity contribution is 7.89. The normalized spacial score (nSPS) is 27.3. The molecular formula is C12H23N3O4S. The van der Waals surface area contributed by atoms with E-state index in [2.05, 4.69) is 4.90 Å². The molecule has 7 nitrogen and oxygen atoms in total. The number of sulfonamides is 1. The lowest BCUT2D eigenvalue weighted by Gasteiger charge is -2.45. The third-order valence-corrected chi connectivity index (χ3v) is 5.75. The fourth-order valence-corrected chi connectivity index (χ4v) is 3.72. The molecular weight excluding hydrogens is 282 g/mol. The van der Waals surface area contributed by atoms with E-state index in [9.17, 15) is 13.2 Å². The van der Waals surface area contributed by atoms with Crippen LogP contribution in [-0.2, 0) is 19.6 Å². The largest absolute Gasteiger partial charge is 0.381 e. The molecule has 0 aromatic rings. The van der Waals surface area contributed by atoms with Crippen LogP contribution in [0.4, 0.5) is 0 Å². The van der Waals surface area contributed by atoms with E-state index in [0.717, 1.165) is 12.8 Å². The number of carbonyl (C=O) groups excluding carboxylic acids is 1. The zero-order chi connectivity index (χ0) is 15.0. The molecule has 0 radical (unpaired) electrons. The van der Waals surface area contributed by atoms with Gasteiger partial charge in [-0.2, -0.15) is 0 Å². The van der Waals surface area contributed by atoms with E-state index in [1.54, 1.807) is 4.90 Å². The topological polar surface area (TPSA) is 92.9 Å². The van der Waals surface area contributed by atoms with Crippen molar-refractivity contribution in [3.63, 3.8) is 0 Å². The Balaban J connectivity index is 2.10. The van der Waals surface area contributed by atoms with Gasteiger partial charge >= 0.3 is 0 Å². The molecule has 0 aromatic heterocycles. The summed E-state index contributed by atoms with van der Waals surface area (Å²) in [6, 6.07) is 0. The minimum atomic E-state index is -3.65. The van der Waals surface area contributed by atoms with Crippen LogP contribution in [0.25, 0.3) is 0 Å². The molecule has 0 bridgehead atoms. The van der Waals surface area contributed by atoms with Gasteiger partial charge in [0.15, 0.2) is 0 Å². The highest BCUT2D eigenvalue weighted by atomic mass is 32.2. The van der Waals surface area contributed by atoms with Crippen molar-refractivity contribution in [2.45, 2.75) is 30.1 Å². The van der Waals surface area contributed by atoms with E-state index in [4.69, 9.17) is 9.88 Å². The molecule has 0 aliphatic carbocycles. The molecule has 0 aromatic carbocycles. The van der Waals surface area contributed by atoms with Crippen molar-refractivity contribution in [3.8, 4) is 0 Å². The molecule has 20 heavy (non-hydrogen) atoms. The summed E-state index contributed by atoms with van der Waals surface area (Å²) in [6.07, 6.45) is 1.67. The predicted octanol–water partition coefficient (Wildman–Crippen LogP) is -1.01. The highest BCUT2D eigenvalue weighted by Gasteiger charge is 2.42. The molecule has 2 heterocycles. The Kier molecular flexibility index (Phi) is 4.38. The second-order valence-corrected chi connectivity index (χ2v) is 7.77. The molecule has 1 atom stereocenters. The summed E-state index contributed by atoms with van der Waals surface area (Å²) in [5, 5.41) is 4.38. The lowest BCUT2D eigenvalue weighted by Crippen LogP contribution is -2.56. The van der Waals surface area contributed by atoms with Crippen LogP contribution in [0.15, 0.2) is 0 Å². The molecule has 2 N–H and O–H groups in total. The number of nitrogens with zero attached hydrogens (tertiary/aromatic N) is 2. The Morgan fingerprint density at radius 2 is 2.00 bits per heavy atom. The lowest BCUT2D eigenvalue weighted by atomic mass is 9.88. The number of likely N-dealkylation sites (N-methyl/N-ethyl adjacent to an activating group) is 1. The fourth-order valence-electron chi connectivity index (χ4n) is 2.96. The number of nitrogens with two attached hydrogens (primary N) is 1. The molecule has 1 unspecified atom stereocenters. The zero-order valence-corrected chi connectivity index (χ0v) is 12.9. The van der Waals surface area contributed by atoms with Crippen LogP contribution < -0.4 is 5.14 Å². The SMILES string of the molecule is CN(C)C1(CN2CC(S(N)(=O)=O)CC2=O)CCOCC1. The third kappa shape index (κ3) is 3.13. The van der Waals surface area contributed by atoms with E-state index in [1.165, 1.54) is 0 Å². The van der Waals surface area contributed by atoms with Gasteiger partial charge in [-0.3, -0.25) is 4.79 Å². The van der Waals surface area contributed by atoms with Crippen LogP contribution in [-0.4, -0.2) is 75.3 Å². The standard InChI is InChI=1S/C12H23N3O4S/c1-14(2)12(3-5-19-6-4-12)9-15-8-10(7-11(15)16)20(13,17)18/h10H,3-9H2,1-2H3,(H2,13,17,18). The zero-order valence-electron chi connectivity index (χ0n) is 12.0. The Hall–Kier alpha value is -0.700. The molecule has 1 amide bonds. The third-order valence-electron chi connectivity index (χ3n) is 4.50. The molecule has 0 saturated carbocycles. The van der Waals surface area contributed by atoms with E-state index in [-0.39, 0.29) is 24.4 Å². The smallest absolute Gasteiger partial charge is 0.224 e. The number of rotatable bonds is 4. The number of carbonyl (C=O) groups is 1. The summed E-state index contributed by atoms with van der Waals surface area (Å²) in [5.74, 6) is -0.128. The van der Waals surface area contributed by atoms with Gasteiger partial charge in [-0.05, 0) is 26.9 Å². The van der Waals surface area contributed by atoms with Crippen molar-refractivity contribution in [2.24, 2.45) is 5.14 Å². The van der Waals surface area contributed by atoms with Crippen LogP contribution in [0.1, 0.15) is 19.3 Å². The van der Waals surface area contributed by atoms with E-state index >= 15 is 0 Å². The van der Waals surface area contributed by atoms with Crippen LogP contribution in [0.2, 0.25) is 0 Å². The summed E-state index contributed by atoms with van der Waals surface area (Å²) in [4.78, 5) is 15.8. The van der Waals surface area contributed by atoms with Crippen LogP contribution >= 0.6 is 0 Å². The van der Waals surface area contributed by atoms with Crippen molar-refractivity contribution in [1.82, 2.24) is 9.80 Å². The van der Waals surface area contributed by atoms with Crippen molar-refractivity contribution in [2.75, 3.05) is 40.4 Å². The van der Waals surface area contributed by atoms with Gasteiger partial charge in [-0.15, -0.1) is 0 Å². The minimum Gasteiger partial charge on any atom is -0.381 e. The summed E-state index contributed by atoms with van der Waals surface area (Å²) in [5.41, 5.74) is -0.138. The number of amides is 1. The Morgan fingerprint density at radius 3 is 2.45 bits per heavy atom. The van der Waals surface area contributed by atoms with Crippen LogP contribution in [0, 0.1) is 0 Å². The first-order chi connectivity index (χ1) is 9.24. The molecule has 2 saturated heterocycles. The van der Waals surface area contributed by atoms with E-state index in [0.29, 0.717) is 19.8 Å². The van der Waals surface area contributed by atoms with Gasteiger partial charge in [0, 0.05) is 38.3 Å². The van der Waals surface area contributed by atoms with Crippen molar-refractivity contribution in [3.05, 3.63) is 0 Å². The van der Waals surface area contributed by atoms with Gasteiger partial charge in [-0.25, -0.2) is 13.6 Å². The minimum absolute atomic E-state index is 0.00115. The first kappa shape index (κ1) is 15.7. The second-order valence-electron chi connectivity index (χ2n) is 5.92. The van der Waals surface area contributed by atoms with Gasteiger partial charge in [0.25, 0.3) is 0 Å². The van der Waals surface area contributed by atoms with Gasteiger partial charge in [0.1, 0.15) is 5.25 Å². The molecule has 116 valence electrons. The number of hydrogen-bond donors (Lipinski definition) is 1. The molecule has 8 heteroatoms. The summed E-state index contributed by atoms with van der Waals surface area (Å²) >= 11 is 0. The quantitative estimate of drug-likeness (QED) is 0.718. The van der Waals surface area contributed by atoms with Crippen LogP contribution in [0.3, 0.4) is 0 Å². The maximum absolute atomic E-state index is 12.0. The first-order valence-electron chi connectivity index (χ1n) is 6.79. The summed E-state index contributed by atoms with van der Waals surface area (Å²) in [6.45, 7) is 2.07.